The van der Waals surface area contributed by atoms with Crippen LogP contribution in [-0.2, 0) is 14.8 Å². The summed E-state index contributed by atoms with van der Waals surface area (Å²) in [4.78, 5) is 13.4. The third-order valence-corrected chi connectivity index (χ3v) is 7.84. The Bertz CT molecular complexity index is 1330. The minimum absolute atomic E-state index is 0.0648. The molecule has 9 heteroatoms. The number of carbonyl (C=O) groups is 1. The lowest BCUT2D eigenvalue weighted by atomic mass is 9.89. The average molecular weight is 515 g/mol. The van der Waals surface area contributed by atoms with Crippen molar-refractivity contribution in [2.24, 2.45) is 0 Å². The van der Waals surface area contributed by atoms with Crippen molar-refractivity contribution >= 4 is 33.2 Å². The highest BCUT2D eigenvalue weighted by atomic mass is 35.5. The van der Waals surface area contributed by atoms with E-state index in [1.807, 2.05) is 26.0 Å². The Balaban J connectivity index is 1.66. The van der Waals surface area contributed by atoms with Crippen LogP contribution in [0.3, 0.4) is 0 Å². The van der Waals surface area contributed by atoms with Crippen LogP contribution in [0.4, 0.5) is 5.69 Å². The Hall–Kier alpha value is -3.23. The second kappa shape index (κ2) is 9.79. The third kappa shape index (κ3) is 5.39. The predicted molar refractivity (Wildman–Crippen MR) is 136 cm³/mol. The molecule has 0 fully saturated rings. The van der Waals surface area contributed by atoms with Crippen LogP contribution in [0.5, 0.6) is 11.5 Å². The van der Waals surface area contributed by atoms with Crippen molar-refractivity contribution in [3.05, 3.63) is 83.4 Å². The van der Waals surface area contributed by atoms with E-state index in [0.717, 1.165) is 9.87 Å². The maximum absolute atomic E-state index is 13.5. The minimum atomic E-state index is -4.06. The summed E-state index contributed by atoms with van der Waals surface area (Å²) in [6.07, 6.45) is 0.496. The summed E-state index contributed by atoms with van der Waals surface area (Å²) in [6, 6.07) is 19.5. The van der Waals surface area contributed by atoms with E-state index in [4.69, 9.17) is 21.1 Å². The van der Waals surface area contributed by atoms with Crippen LogP contribution in [0.15, 0.2) is 77.7 Å². The summed E-state index contributed by atoms with van der Waals surface area (Å²) in [5.41, 5.74) is 0.465. The number of fused-ring (bicyclic) bond motifs is 1. The summed E-state index contributed by atoms with van der Waals surface area (Å²) < 4.78 is 39.6. The number of nitrogens with one attached hydrogen (secondary N) is 1. The SMILES string of the molecule is COc1ccc2c(c1)C(NC(=O)CN(c1ccccc1Cl)S(=O)(=O)c1ccccc1)CC(C)(C)O2. The Labute approximate surface area is 210 Å². The molecule has 3 aromatic rings. The smallest absolute Gasteiger partial charge is 0.264 e. The second-order valence-corrected chi connectivity index (χ2v) is 11.1. The first-order chi connectivity index (χ1) is 16.6. The van der Waals surface area contributed by atoms with Crippen molar-refractivity contribution in [2.75, 3.05) is 18.0 Å². The number of carbonyl (C=O) groups excluding carboxylic acids is 1. The van der Waals surface area contributed by atoms with Crippen LogP contribution in [0.25, 0.3) is 0 Å². The first kappa shape index (κ1) is 24.9. The van der Waals surface area contributed by atoms with Crippen molar-refractivity contribution in [1.29, 1.82) is 0 Å². The maximum Gasteiger partial charge on any atom is 0.264 e. The molecule has 0 aromatic heterocycles. The Morgan fingerprint density at radius 2 is 1.80 bits per heavy atom. The van der Waals surface area contributed by atoms with Gasteiger partial charge in [-0.15, -0.1) is 0 Å². The molecule has 1 aliphatic heterocycles. The van der Waals surface area contributed by atoms with E-state index in [2.05, 4.69) is 5.32 Å². The zero-order valence-corrected chi connectivity index (χ0v) is 21.3. The molecule has 1 unspecified atom stereocenters. The van der Waals surface area contributed by atoms with Gasteiger partial charge < -0.3 is 14.8 Å². The quantitative estimate of drug-likeness (QED) is 0.481. The molecule has 0 saturated carbocycles. The number of hydrogen-bond donors (Lipinski definition) is 1. The number of rotatable bonds is 7. The Morgan fingerprint density at radius 3 is 2.49 bits per heavy atom. The van der Waals surface area contributed by atoms with E-state index >= 15 is 0 Å². The van der Waals surface area contributed by atoms with Gasteiger partial charge in [-0.2, -0.15) is 0 Å². The second-order valence-electron chi connectivity index (χ2n) is 8.87. The number of amides is 1. The molecule has 3 aromatic carbocycles. The van der Waals surface area contributed by atoms with E-state index in [9.17, 15) is 13.2 Å². The van der Waals surface area contributed by atoms with Crippen molar-refractivity contribution in [3.63, 3.8) is 0 Å². The van der Waals surface area contributed by atoms with Crippen molar-refractivity contribution < 1.29 is 22.7 Å². The number of anilines is 1. The summed E-state index contributed by atoms with van der Waals surface area (Å²) >= 11 is 6.36. The van der Waals surface area contributed by atoms with Crippen LogP contribution >= 0.6 is 11.6 Å². The van der Waals surface area contributed by atoms with Gasteiger partial charge in [0, 0.05) is 12.0 Å². The fourth-order valence-electron chi connectivity index (χ4n) is 4.13. The van der Waals surface area contributed by atoms with Gasteiger partial charge in [0.15, 0.2) is 0 Å². The molecule has 0 bridgehead atoms. The van der Waals surface area contributed by atoms with Gasteiger partial charge in [0.1, 0.15) is 23.6 Å². The van der Waals surface area contributed by atoms with Gasteiger partial charge in [0.05, 0.1) is 28.8 Å². The summed E-state index contributed by atoms with van der Waals surface area (Å²) in [5.74, 6) is 0.809. The summed E-state index contributed by atoms with van der Waals surface area (Å²) in [5, 5.41) is 3.23. The molecular weight excluding hydrogens is 488 g/mol. The highest BCUT2D eigenvalue weighted by Gasteiger charge is 2.36. The zero-order valence-electron chi connectivity index (χ0n) is 19.7. The number of hydrogen-bond acceptors (Lipinski definition) is 5. The number of nitrogens with zero attached hydrogens (tertiary/aromatic N) is 1. The van der Waals surface area contributed by atoms with Crippen LogP contribution in [0.2, 0.25) is 5.02 Å². The van der Waals surface area contributed by atoms with Crippen molar-refractivity contribution in [1.82, 2.24) is 5.32 Å². The number of sulfonamides is 1. The lowest BCUT2D eigenvalue weighted by molar-refractivity contribution is -0.120. The number of halogens is 1. The maximum atomic E-state index is 13.5. The predicted octanol–water partition coefficient (Wildman–Crippen LogP) is 4.96. The number of ether oxygens (including phenoxy) is 2. The molecule has 0 spiro atoms. The van der Waals surface area contributed by atoms with E-state index < -0.39 is 34.1 Å². The molecule has 35 heavy (non-hydrogen) atoms. The Morgan fingerprint density at radius 1 is 1.11 bits per heavy atom. The fraction of sp³-hybridized carbons (Fsp3) is 0.269. The van der Waals surface area contributed by atoms with Crippen molar-refractivity contribution in [3.8, 4) is 11.5 Å². The lowest BCUT2D eigenvalue weighted by Crippen LogP contribution is -2.45. The summed E-state index contributed by atoms with van der Waals surface area (Å²) in [7, 11) is -2.49. The van der Waals surface area contributed by atoms with E-state index in [-0.39, 0.29) is 15.6 Å². The standard InChI is InChI=1S/C26H27ClN2O5S/c1-26(2)16-22(20-15-18(33-3)13-14-24(20)34-26)28-25(30)17-29(23-12-8-7-11-21(23)27)35(31,32)19-9-5-4-6-10-19/h4-15,22H,16-17H2,1-3H3,(H,28,30). The van der Waals surface area contributed by atoms with Gasteiger partial charge in [-0.25, -0.2) is 8.42 Å². The molecular formula is C26H27ClN2O5S. The van der Waals surface area contributed by atoms with E-state index in [1.54, 1.807) is 55.6 Å². The van der Waals surface area contributed by atoms with Crippen LogP contribution in [0, 0.1) is 0 Å². The van der Waals surface area contributed by atoms with Gasteiger partial charge in [-0.1, -0.05) is 41.9 Å². The highest BCUT2D eigenvalue weighted by molar-refractivity contribution is 7.92. The molecule has 1 amide bonds. The molecule has 0 aliphatic carbocycles. The molecule has 0 saturated heterocycles. The number of benzene rings is 3. The third-order valence-electron chi connectivity index (χ3n) is 5.75. The van der Waals surface area contributed by atoms with Crippen LogP contribution in [-0.4, -0.2) is 33.6 Å². The fourth-order valence-corrected chi connectivity index (χ4v) is 5.88. The lowest BCUT2D eigenvalue weighted by Gasteiger charge is -2.38. The number of methoxy groups -OCH3 is 1. The average Bonchev–Trinajstić information content (AvgIpc) is 2.83. The molecule has 7 nitrogen and oxygen atoms in total. The molecule has 1 N–H and O–H groups in total. The van der Waals surface area contributed by atoms with Gasteiger partial charge >= 0.3 is 0 Å². The largest absolute Gasteiger partial charge is 0.497 e. The monoisotopic (exact) mass is 514 g/mol. The first-order valence-electron chi connectivity index (χ1n) is 11.1. The van der Waals surface area contributed by atoms with Gasteiger partial charge in [0.2, 0.25) is 5.91 Å². The highest BCUT2D eigenvalue weighted by Crippen LogP contribution is 2.41. The normalized spacial score (nSPS) is 16.5. The van der Waals surface area contributed by atoms with Crippen molar-refractivity contribution in [2.45, 2.75) is 36.8 Å². The van der Waals surface area contributed by atoms with E-state index in [0.29, 0.717) is 17.9 Å². The molecule has 184 valence electrons. The van der Waals surface area contributed by atoms with Gasteiger partial charge in [-0.3, -0.25) is 9.10 Å². The molecule has 0 radical (unpaired) electrons. The first-order valence-corrected chi connectivity index (χ1v) is 12.9. The summed E-state index contributed by atoms with van der Waals surface area (Å²) in [6.45, 7) is 3.43. The van der Waals surface area contributed by atoms with Gasteiger partial charge in [0.25, 0.3) is 10.0 Å². The molecule has 1 aliphatic rings. The zero-order chi connectivity index (χ0) is 25.2. The van der Waals surface area contributed by atoms with Crippen LogP contribution in [0.1, 0.15) is 31.9 Å². The molecule has 1 atom stereocenters. The van der Waals surface area contributed by atoms with E-state index in [1.165, 1.54) is 12.1 Å². The molecule has 1 heterocycles. The minimum Gasteiger partial charge on any atom is -0.497 e. The van der Waals surface area contributed by atoms with Gasteiger partial charge in [-0.05, 0) is 56.3 Å². The number of para-hydroxylation sites is 1. The van der Waals surface area contributed by atoms with Crippen LogP contribution < -0.4 is 19.1 Å². The molecule has 4 rings (SSSR count). The Kier molecular flexibility index (Phi) is 6.96. The topological polar surface area (TPSA) is 84.9 Å².